The summed E-state index contributed by atoms with van der Waals surface area (Å²) < 4.78 is 60.3. The standard InChI is InChI=1S/C30H23ClN4O4S2/c1-20(21-10-4-2-5-11-21)35-29-27(32-25-14-8-9-15-26(25)33-29)28(40(36,37)23-12-6-3-7-13-23)30(35)34-41(38,39)24-18-16-22(31)17-19-24/h2-20,34H,1H3. The molecule has 0 bridgehead atoms. The third kappa shape index (κ3) is 4.84. The molecular formula is C30H23ClN4O4S2. The quantitative estimate of drug-likeness (QED) is 0.224. The van der Waals surface area contributed by atoms with Crippen molar-refractivity contribution in [2.75, 3.05) is 4.72 Å². The molecule has 4 aromatic carbocycles. The Balaban J connectivity index is 1.73. The van der Waals surface area contributed by atoms with Crippen LogP contribution in [0.25, 0.3) is 22.2 Å². The highest BCUT2D eigenvalue weighted by molar-refractivity contribution is 7.93. The van der Waals surface area contributed by atoms with E-state index in [0.717, 1.165) is 5.56 Å². The summed E-state index contributed by atoms with van der Waals surface area (Å²) in [6.45, 7) is 1.85. The number of benzene rings is 4. The SMILES string of the molecule is CC(c1ccccc1)n1c(NS(=O)(=O)c2ccc(Cl)cc2)c(S(=O)(=O)c2ccccc2)c2nc3ccccc3nc21. The molecule has 1 atom stereocenters. The number of rotatable bonds is 7. The van der Waals surface area contributed by atoms with E-state index in [0.29, 0.717) is 16.1 Å². The number of halogens is 1. The van der Waals surface area contributed by atoms with E-state index < -0.39 is 25.9 Å². The number of nitrogens with zero attached hydrogens (tertiary/aromatic N) is 3. The lowest BCUT2D eigenvalue weighted by molar-refractivity contribution is 0.595. The van der Waals surface area contributed by atoms with Gasteiger partial charge in [0.25, 0.3) is 10.0 Å². The number of aromatic nitrogens is 3. The molecular weight excluding hydrogens is 580 g/mol. The third-order valence-electron chi connectivity index (χ3n) is 6.80. The number of anilines is 1. The van der Waals surface area contributed by atoms with Gasteiger partial charge in [-0.15, -0.1) is 0 Å². The molecule has 6 rings (SSSR count). The van der Waals surface area contributed by atoms with E-state index in [-0.39, 0.29) is 31.7 Å². The van der Waals surface area contributed by atoms with E-state index in [1.807, 2.05) is 43.3 Å². The van der Waals surface area contributed by atoms with E-state index in [9.17, 15) is 16.8 Å². The minimum atomic E-state index is -4.29. The average Bonchev–Trinajstić information content (AvgIpc) is 3.29. The molecule has 0 saturated heterocycles. The molecule has 0 spiro atoms. The summed E-state index contributed by atoms with van der Waals surface area (Å²) in [6, 6.07) is 29.4. The maximum atomic E-state index is 14.3. The highest BCUT2D eigenvalue weighted by Gasteiger charge is 2.35. The summed E-state index contributed by atoms with van der Waals surface area (Å²) in [4.78, 5) is 9.17. The lowest BCUT2D eigenvalue weighted by Crippen LogP contribution is -2.20. The van der Waals surface area contributed by atoms with E-state index in [1.165, 1.54) is 36.4 Å². The van der Waals surface area contributed by atoms with Crippen molar-refractivity contribution in [1.29, 1.82) is 0 Å². The van der Waals surface area contributed by atoms with Crippen LogP contribution in [0.15, 0.2) is 124 Å². The minimum absolute atomic E-state index is 0.00619. The zero-order valence-electron chi connectivity index (χ0n) is 21.6. The lowest BCUT2D eigenvalue weighted by atomic mass is 10.1. The Kier molecular flexibility index (Phi) is 6.77. The zero-order valence-corrected chi connectivity index (χ0v) is 24.0. The van der Waals surface area contributed by atoms with Crippen LogP contribution in [0.3, 0.4) is 0 Å². The molecule has 0 radical (unpaired) electrons. The number of hydrogen-bond acceptors (Lipinski definition) is 6. The summed E-state index contributed by atoms with van der Waals surface area (Å²) >= 11 is 6.00. The molecule has 41 heavy (non-hydrogen) atoms. The predicted octanol–water partition coefficient (Wildman–Crippen LogP) is 6.48. The van der Waals surface area contributed by atoms with Crippen LogP contribution in [-0.2, 0) is 19.9 Å². The van der Waals surface area contributed by atoms with Gasteiger partial charge in [-0.2, -0.15) is 0 Å². The van der Waals surface area contributed by atoms with Crippen molar-refractivity contribution in [2.24, 2.45) is 0 Å². The van der Waals surface area contributed by atoms with Gasteiger partial charge in [-0.25, -0.2) is 26.8 Å². The van der Waals surface area contributed by atoms with Crippen molar-refractivity contribution in [3.8, 4) is 0 Å². The van der Waals surface area contributed by atoms with Crippen LogP contribution in [0, 0.1) is 0 Å². The van der Waals surface area contributed by atoms with Gasteiger partial charge in [-0.1, -0.05) is 72.3 Å². The number of para-hydroxylation sites is 2. The van der Waals surface area contributed by atoms with Gasteiger partial charge in [0.05, 0.1) is 26.9 Å². The van der Waals surface area contributed by atoms with Crippen LogP contribution in [-0.4, -0.2) is 31.4 Å². The first kappa shape index (κ1) is 26.9. The highest BCUT2D eigenvalue weighted by atomic mass is 35.5. The van der Waals surface area contributed by atoms with Gasteiger partial charge in [0, 0.05) is 5.02 Å². The number of fused-ring (bicyclic) bond motifs is 2. The maximum absolute atomic E-state index is 14.3. The summed E-state index contributed by atoms with van der Waals surface area (Å²) in [7, 11) is -8.57. The Morgan fingerprint density at radius 1 is 0.707 bits per heavy atom. The maximum Gasteiger partial charge on any atom is 0.263 e. The zero-order chi connectivity index (χ0) is 28.8. The Bertz CT molecular complexity index is 2120. The van der Waals surface area contributed by atoms with Crippen LogP contribution in [0.1, 0.15) is 18.5 Å². The van der Waals surface area contributed by atoms with Crippen LogP contribution in [0.2, 0.25) is 5.02 Å². The molecule has 0 aliphatic heterocycles. The first-order chi connectivity index (χ1) is 19.7. The number of hydrogen-bond donors (Lipinski definition) is 1. The predicted molar refractivity (Wildman–Crippen MR) is 159 cm³/mol. The summed E-state index contributed by atoms with van der Waals surface area (Å²) in [6.07, 6.45) is 0. The molecule has 1 unspecified atom stereocenters. The Labute approximate surface area is 242 Å². The molecule has 0 amide bonds. The highest BCUT2D eigenvalue weighted by Crippen LogP contribution is 2.41. The molecule has 11 heteroatoms. The summed E-state index contributed by atoms with van der Waals surface area (Å²) in [5, 5.41) is 0.364. The fourth-order valence-electron chi connectivity index (χ4n) is 4.76. The van der Waals surface area contributed by atoms with Gasteiger partial charge in [-0.05, 0) is 61.0 Å². The summed E-state index contributed by atoms with van der Waals surface area (Å²) in [5.74, 6) is -0.162. The minimum Gasteiger partial charge on any atom is -0.302 e. The van der Waals surface area contributed by atoms with E-state index in [2.05, 4.69) is 4.72 Å². The van der Waals surface area contributed by atoms with Crippen LogP contribution >= 0.6 is 11.6 Å². The van der Waals surface area contributed by atoms with Gasteiger partial charge >= 0.3 is 0 Å². The van der Waals surface area contributed by atoms with Gasteiger partial charge in [0.2, 0.25) is 9.84 Å². The van der Waals surface area contributed by atoms with Crippen molar-refractivity contribution in [3.05, 3.63) is 120 Å². The molecule has 0 aliphatic rings. The number of nitrogens with one attached hydrogen (secondary N) is 1. The molecule has 2 heterocycles. The average molecular weight is 603 g/mol. The van der Waals surface area contributed by atoms with E-state index >= 15 is 0 Å². The van der Waals surface area contributed by atoms with Gasteiger partial charge < -0.3 is 4.57 Å². The Morgan fingerprint density at radius 3 is 1.90 bits per heavy atom. The van der Waals surface area contributed by atoms with Crippen molar-refractivity contribution >= 4 is 59.5 Å². The molecule has 0 fully saturated rings. The summed E-state index contributed by atoms with van der Waals surface area (Å²) in [5.41, 5.74) is 2.11. The van der Waals surface area contributed by atoms with Crippen molar-refractivity contribution in [1.82, 2.24) is 14.5 Å². The second-order valence-electron chi connectivity index (χ2n) is 9.39. The van der Waals surface area contributed by atoms with Crippen molar-refractivity contribution in [2.45, 2.75) is 27.7 Å². The first-order valence-electron chi connectivity index (χ1n) is 12.6. The van der Waals surface area contributed by atoms with Crippen LogP contribution in [0.4, 0.5) is 5.82 Å². The second kappa shape index (κ2) is 10.3. The topological polar surface area (TPSA) is 111 Å². The third-order valence-corrected chi connectivity index (χ3v) is 10.2. The van der Waals surface area contributed by atoms with Crippen molar-refractivity contribution in [3.63, 3.8) is 0 Å². The Morgan fingerprint density at radius 2 is 1.27 bits per heavy atom. The lowest BCUT2D eigenvalue weighted by Gasteiger charge is -2.20. The molecule has 0 aliphatic carbocycles. The molecule has 6 aromatic rings. The normalized spacial score (nSPS) is 12.9. The van der Waals surface area contributed by atoms with Crippen LogP contribution < -0.4 is 4.72 Å². The molecule has 0 saturated carbocycles. The van der Waals surface area contributed by atoms with E-state index in [4.69, 9.17) is 21.6 Å². The molecule has 2 aromatic heterocycles. The monoisotopic (exact) mass is 602 g/mol. The fraction of sp³-hybridized carbons (Fsp3) is 0.0667. The molecule has 1 N–H and O–H groups in total. The van der Waals surface area contributed by atoms with Crippen molar-refractivity contribution < 1.29 is 16.8 Å². The van der Waals surface area contributed by atoms with Gasteiger partial charge in [0.15, 0.2) is 5.65 Å². The molecule has 206 valence electrons. The largest absolute Gasteiger partial charge is 0.302 e. The molecule has 8 nitrogen and oxygen atoms in total. The van der Waals surface area contributed by atoms with E-state index in [1.54, 1.807) is 41.0 Å². The smallest absolute Gasteiger partial charge is 0.263 e. The number of sulfone groups is 1. The number of sulfonamides is 1. The van der Waals surface area contributed by atoms with Gasteiger partial charge in [-0.3, -0.25) is 4.72 Å². The second-order valence-corrected chi connectivity index (χ2v) is 13.4. The first-order valence-corrected chi connectivity index (χ1v) is 16.0. The Hall–Kier alpha value is -4.25. The van der Waals surface area contributed by atoms with Crippen LogP contribution in [0.5, 0.6) is 0 Å². The van der Waals surface area contributed by atoms with Gasteiger partial charge in [0.1, 0.15) is 16.2 Å². The fourth-order valence-corrected chi connectivity index (χ4v) is 7.57.